The summed E-state index contributed by atoms with van der Waals surface area (Å²) < 4.78 is 18.6. The molecule has 0 saturated heterocycles. The van der Waals surface area contributed by atoms with E-state index in [4.69, 9.17) is 0 Å². The largest absolute Gasteiger partial charge is 0.508 e. The Kier molecular flexibility index (Phi) is 9.70. The maximum atomic E-state index is 13.1. The quantitative estimate of drug-likeness (QED) is 0.131. The Labute approximate surface area is 292 Å². The van der Waals surface area contributed by atoms with Crippen molar-refractivity contribution < 1.29 is 14.4 Å². The monoisotopic (exact) mass is 733 g/mol. The van der Waals surface area contributed by atoms with E-state index in [2.05, 4.69) is 50.9 Å². The van der Waals surface area contributed by atoms with Crippen LogP contribution in [0.15, 0.2) is 130 Å². The average molecular weight is 735 g/mol. The summed E-state index contributed by atoms with van der Waals surface area (Å²) in [6.07, 6.45) is 4.63. The number of anilines is 4. The van der Waals surface area contributed by atoms with Crippen molar-refractivity contribution in [2.75, 3.05) is 16.9 Å². The first-order chi connectivity index (χ1) is 23.6. The lowest BCUT2D eigenvalue weighted by molar-refractivity contribution is 0.475. The minimum Gasteiger partial charge on any atom is -0.508 e. The number of halogens is 1. The molecule has 0 saturated carbocycles. The maximum absolute atomic E-state index is 13.1. The van der Waals surface area contributed by atoms with Gasteiger partial charge in [-0.15, -0.1) is 0 Å². The molecule has 5 aromatic carbocycles. The zero-order valence-electron chi connectivity index (χ0n) is 26.8. The van der Waals surface area contributed by atoms with E-state index in [0.29, 0.717) is 22.2 Å². The Bertz CT molecular complexity index is 2430. The van der Waals surface area contributed by atoms with Crippen molar-refractivity contribution in [3.63, 3.8) is 0 Å². The lowest BCUT2D eigenvalue weighted by Gasteiger charge is -2.11. The fraction of sp³-hybridized carbons (Fsp3) is 0.0811. The van der Waals surface area contributed by atoms with Crippen molar-refractivity contribution in [3.8, 4) is 11.5 Å². The van der Waals surface area contributed by atoms with Gasteiger partial charge in [-0.05, 0) is 85.6 Å². The molecule has 2 heterocycles. The van der Waals surface area contributed by atoms with Gasteiger partial charge in [0.05, 0.1) is 26.4 Å². The molecule has 4 N–H and O–H groups in total. The number of phenols is 2. The Morgan fingerprint density at radius 2 is 1.18 bits per heavy atom. The number of rotatable bonds is 6. The van der Waals surface area contributed by atoms with Crippen molar-refractivity contribution in [1.82, 2.24) is 19.9 Å². The van der Waals surface area contributed by atoms with Gasteiger partial charge in [-0.3, -0.25) is 0 Å². The number of nitrogens with zero attached hydrogens (tertiary/aromatic N) is 5. The van der Waals surface area contributed by atoms with E-state index in [-0.39, 0.29) is 11.5 Å². The summed E-state index contributed by atoms with van der Waals surface area (Å²) >= 11 is 3.45. The van der Waals surface area contributed by atoms with E-state index in [9.17, 15) is 14.4 Å². The molecule has 49 heavy (non-hydrogen) atoms. The molecule has 0 amide bonds. The lowest BCUT2D eigenvalue weighted by Crippen LogP contribution is -1.98. The molecule has 1 atom stereocenters. The molecule has 0 bridgehead atoms. The topological polar surface area (TPSA) is 146 Å². The van der Waals surface area contributed by atoms with Gasteiger partial charge >= 0.3 is 0 Å². The summed E-state index contributed by atoms with van der Waals surface area (Å²) in [4.78, 5) is 17.9. The highest BCUT2D eigenvalue weighted by Crippen LogP contribution is 2.31. The third-order valence-corrected chi connectivity index (χ3v) is 9.82. The number of nitrogens with one attached hydrogen (secondary N) is 2. The number of hydrogen-bond acceptors (Lipinski definition) is 10. The second-order valence-electron chi connectivity index (χ2n) is 11.3. The van der Waals surface area contributed by atoms with Gasteiger partial charge < -0.3 is 20.8 Å². The Hall–Kier alpha value is -5.59. The van der Waals surface area contributed by atoms with E-state index >= 15 is 0 Å². The Balaban J connectivity index is 0.000000182. The summed E-state index contributed by atoms with van der Waals surface area (Å²) in [6.45, 7) is 3.92. The molecule has 0 unspecified atom stereocenters. The molecule has 0 spiro atoms. The van der Waals surface area contributed by atoms with Crippen molar-refractivity contribution in [3.05, 3.63) is 131 Å². The van der Waals surface area contributed by atoms with Crippen LogP contribution in [-0.4, -0.2) is 40.6 Å². The van der Waals surface area contributed by atoms with Gasteiger partial charge in [-0.25, -0.2) is 24.1 Å². The van der Waals surface area contributed by atoms with Gasteiger partial charge in [-0.1, -0.05) is 46.3 Å². The highest BCUT2D eigenvalue weighted by molar-refractivity contribution is 9.10. The predicted molar refractivity (Wildman–Crippen MR) is 200 cm³/mol. The van der Waals surface area contributed by atoms with Crippen molar-refractivity contribution >= 4 is 76.2 Å². The van der Waals surface area contributed by atoms with Crippen LogP contribution in [0.5, 0.6) is 11.5 Å². The zero-order chi connectivity index (χ0) is 34.5. The first-order valence-corrected chi connectivity index (χ1v) is 17.8. The van der Waals surface area contributed by atoms with Crippen LogP contribution in [0.1, 0.15) is 11.1 Å². The molecule has 0 aliphatic heterocycles. The first-order valence-electron chi connectivity index (χ1n) is 15.1. The van der Waals surface area contributed by atoms with Crippen molar-refractivity contribution in [1.29, 1.82) is 0 Å². The molecule has 246 valence electrons. The molecule has 7 rings (SSSR count). The summed E-state index contributed by atoms with van der Waals surface area (Å²) in [6, 6.07) is 30.8. The number of aryl methyl sites for hydroxylation is 2. The maximum Gasteiger partial charge on any atom is 0.141 e. The van der Waals surface area contributed by atoms with Crippen LogP contribution in [0.25, 0.3) is 21.8 Å². The minimum absolute atomic E-state index is 0.167. The van der Waals surface area contributed by atoms with Crippen LogP contribution in [-0.2, 0) is 9.73 Å². The summed E-state index contributed by atoms with van der Waals surface area (Å²) in [5, 5.41) is 27.6. The van der Waals surface area contributed by atoms with Crippen molar-refractivity contribution in [2.45, 2.75) is 18.7 Å². The third-order valence-electron chi connectivity index (χ3n) is 7.62. The summed E-state index contributed by atoms with van der Waals surface area (Å²) in [5.41, 5.74) is 5.76. The summed E-state index contributed by atoms with van der Waals surface area (Å²) in [5.74, 6) is 1.69. The standard InChI is InChI=1S/C22H20N4O2S.C15H12BrN3O/c1-15-8-10-17(27)13-21(15)25-22-19-12-16(9-11-20(19)23-14-24-22)26-29(2,28)18-6-4-3-5-7-18;1-9-2-4-11(20)7-14(9)19-15-12-6-10(16)3-5-13(12)17-8-18-15/h3-14,27H,1-2H3,(H,23,24,25);2-8,20H,1H3,(H,17,18,19)/t29-;/m1./s1. The van der Waals surface area contributed by atoms with Crippen LogP contribution in [0.2, 0.25) is 0 Å². The predicted octanol–water partition coefficient (Wildman–Crippen LogP) is 9.33. The first kappa shape index (κ1) is 33.3. The van der Waals surface area contributed by atoms with Crippen LogP contribution in [0, 0.1) is 13.8 Å². The van der Waals surface area contributed by atoms with Gasteiger partial charge in [0.1, 0.15) is 35.8 Å². The van der Waals surface area contributed by atoms with Gasteiger partial charge in [0.2, 0.25) is 0 Å². The Morgan fingerprint density at radius 3 is 1.76 bits per heavy atom. The second-order valence-corrected chi connectivity index (χ2v) is 14.4. The van der Waals surface area contributed by atoms with Gasteiger partial charge in [0.25, 0.3) is 0 Å². The van der Waals surface area contributed by atoms with Crippen LogP contribution in [0.3, 0.4) is 0 Å². The molecule has 0 aliphatic carbocycles. The normalized spacial score (nSPS) is 12.1. The molecule has 2 aromatic heterocycles. The van der Waals surface area contributed by atoms with Crippen LogP contribution >= 0.6 is 15.9 Å². The minimum atomic E-state index is -2.59. The highest BCUT2D eigenvalue weighted by Gasteiger charge is 2.11. The number of aromatic hydroxyl groups is 2. The fourth-order valence-corrected chi connectivity index (χ4v) is 6.65. The van der Waals surface area contributed by atoms with E-state index in [1.54, 1.807) is 36.6 Å². The third kappa shape index (κ3) is 7.94. The number of benzene rings is 5. The Morgan fingerprint density at radius 1 is 0.653 bits per heavy atom. The fourth-order valence-electron chi connectivity index (χ4n) is 5.00. The summed E-state index contributed by atoms with van der Waals surface area (Å²) in [7, 11) is -2.59. The number of fused-ring (bicyclic) bond motifs is 2. The van der Waals surface area contributed by atoms with E-state index in [1.807, 2.05) is 86.6 Å². The molecular formula is C37H32BrN7O3S. The SMILES string of the molecule is Cc1ccc(O)cc1Nc1ncnc2ccc(Br)cc12.Cc1ccc(O)cc1Nc1ncnc2ccc(N=[S@](C)(=O)c3ccccc3)cc12. The van der Waals surface area contributed by atoms with Crippen molar-refractivity contribution in [2.24, 2.45) is 4.36 Å². The number of hydrogen-bond donors (Lipinski definition) is 4. The molecule has 10 nitrogen and oxygen atoms in total. The zero-order valence-corrected chi connectivity index (χ0v) is 29.2. The number of phenolic OH excluding ortho intramolecular Hbond substituents is 2. The molecule has 0 aliphatic rings. The van der Waals surface area contributed by atoms with Gasteiger partial charge in [-0.2, -0.15) is 4.36 Å². The molecule has 0 radical (unpaired) electrons. The van der Waals surface area contributed by atoms with E-state index in [1.165, 1.54) is 12.7 Å². The second kappa shape index (κ2) is 14.3. The molecule has 0 fully saturated rings. The molecular weight excluding hydrogens is 702 g/mol. The number of aromatic nitrogens is 4. The van der Waals surface area contributed by atoms with Crippen LogP contribution in [0.4, 0.5) is 28.7 Å². The van der Waals surface area contributed by atoms with Crippen LogP contribution < -0.4 is 10.6 Å². The molecule has 7 aromatic rings. The van der Waals surface area contributed by atoms with E-state index < -0.39 is 9.73 Å². The van der Waals surface area contributed by atoms with E-state index in [0.717, 1.165) is 48.8 Å². The highest BCUT2D eigenvalue weighted by atomic mass is 79.9. The smallest absolute Gasteiger partial charge is 0.141 e. The average Bonchev–Trinajstić information content (AvgIpc) is 3.09. The lowest BCUT2D eigenvalue weighted by atomic mass is 10.1. The molecule has 12 heteroatoms. The van der Waals surface area contributed by atoms with Gasteiger partial charge in [0.15, 0.2) is 0 Å². The van der Waals surface area contributed by atoms with Gasteiger partial charge in [0, 0.05) is 49.9 Å².